The van der Waals surface area contributed by atoms with E-state index in [0.717, 1.165) is 31.5 Å². The maximum Gasteiger partial charge on any atom is 0.0700 e. The lowest BCUT2D eigenvalue weighted by Crippen LogP contribution is -2.02. The Bertz CT molecular complexity index is 279. The van der Waals surface area contributed by atoms with Crippen LogP contribution in [0.2, 0.25) is 0 Å². The van der Waals surface area contributed by atoms with Crippen molar-refractivity contribution in [2.75, 3.05) is 26.9 Å². The summed E-state index contributed by atoms with van der Waals surface area (Å²) in [5.41, 5.74) is 0. The molecule has 2 atom stereocenters. The summed E-state index contributed by atoms with van der Waals surface area (Å²) in [7, 11) is 1.72. The molecule has 1 aliphatic rings. The zero-order chi connectivity index (χ0) is 18.7. The van der Waals surface area contributed by atoms with E-state index in [0.29, 0.717) is 6.61 Å². The Labute approximate surface area is 164 Å². The molecule has 0 N–H and O–H groups in total. The first-order valence-corrected chi connectivity index (χ1v) is 11.8. The van der Waals surface area contributed by atoms with E-state index in [1.54, 1.807) is 13.5 Å². The summed E-state index contributed by atoms with van der Waals surface area (Å²) in [6.45, 7) is 4.59. The van der Waals surface area contributed by atoms with Crippen LogP contribution in [-0.4, -0.2) is 26.9 Å². The van der Waals surface area contributed by atoms with E-state index < -0.39 is 0 Å². The van der Waals surface area contributed by atoms with Crippen LogP contribution in [0.1, 0.15) is 110 Å². The molecular formula is C24H47O2. The largest absolute Gasteiger partial charge is 0.382 e. The maximum atomic E-state index is 5.46. The smallest absolute Gasteiger partial charge is 0.0700 e. The molecule has 1 aliphatic carbocycles. The van der Waals surface area contributed by atoms with Crippen molar-refractivity contribution >= 4 is 0 Å². The first-order valence-electron chi connectivity index (χ1n) is 11.8. The lowest BCUT2D eigenvalue weighted by atomic mass is 10.0. The van der Waals surface area contributed by atoms with Crippen molar-refractivity contribution in [2.24, 2.45) is 11.8 Å². The number of unbranched alkanes of at least 4 members (excludes halogenated alkanes) is 12. The van der Waals surface area contributed by atoms with Gasteiger partial charge in [-0.3, -0.25) is 0 Å². The average Bonchev–Trinajstić information content (AvgIpc) is 3.40. The SMILES string of the molecule is CCCCCCCCC1CC1CCCCCCC[CH]CCOCCOC. The fourth-order valence-corrected chi connectivity index (χ4v) is 3.99. The molecule has 0 amide bonds. The van der Waals surface area contributed by atoms with E-state index in [2.05, 4.69) is 13.3 Å². The number of ether oxygens (including phenoxy) is 2. The molecule has 0 spiro atoms. The quantitative estimate of drug-likeness (QED) is 0.197. The number of hydrogen-bond donors (Lipinski definition) is 0. The van der Waals surface area contributed by atoms with Gasteiger partial charge in [-0.15, -0.1) is 0 Å². The third kappa shape index (κ3) is 15.0. The zero-order valence-electron chi connectivity index (χ0n) is 18.0. The maximum absolute atomic E-state index is 5.46. The normalized spacial score (nSPS) is 19.2. The summed E-state index contributed by atoms with van der Waals surface area (Å²) in [6.07, 6.45) is 25.2. The molecule has 1 radical (unpaired) electrons. The Morgan fingerprint density at radius 1 is 0.692 bits per heavy atom. The van der Waals surface area contributed by atoms with E-state index in [9.17, 15) is 0 Å². The van der Waals surface area contributed by atoms with Gasteiger partial charge in [0.25, 0.3) is 0 Å². The fraction of sp³-hybridized carbons (Fsp3) is 0.958. The second-order valence-corrected chi connectivity index (χ2v) is 8.34. The molecule has 2 unspecified atom stereocenters. The van der Waals surface area contributed by atoms with E-state index in [1.807, 2.05) is 0 Å². The van der Waals surface area contributed by atoms with Crippen LogP contribution in [0.15, 0.2) is 0 Å². The lowest BCUT2D eigenvalue weighted by molar-refractivity contribution is 0.0717. The average molecular weight is 368 g/mol. The minimum atomic E-state index is 0.709. The molecule has 1 fully saturated rings. The fourth-order valence-electron chi connectivity index (χ4n) is 3.99. The molecular weight excluding hydrogens is 320 g/mol. The highest BCUT2D eigenvalue weighted by Gasteiger charge is 2.34. The molecule has 0 aliphatic heterocycles. The Hall–Kier alpha value is -0.0800. The molecule has 26 heavy (non-hydrogen) atoms. The summed E-state index contributed by atoms with van der Waals surface area (Å²) in [5, 5.41) is 0. The van der Waals surface area contributed by atoms with E-state index in [1.165, 1.54) is 89.9 Å². The summed E-state index contributed by atoms with van der Waals surface area (Å²) in [5.74, 6) is 2.22. The molecule has 2 nitrogen and oxygen atoms in total. The standard InChI is InChI=1S/C24H47O2/c1-3-4-5-6-11-14-17-23-22-24(23)18-15-12-9-7-8-10-13-16-19-26-21-20-25-2/h13,23-24H,3-12,14-22H2,1-2H3. The van der Waals surface area contributed by atoms with E-state index in [-0.39, 0.29) is 0 Å². The van der Waals surface area contributed by atoms with Crippen LogP contribution < -0.4 is 0 Å². The Morgan fingerprint density at radius 2 is 1.31 bits per heavy atom. The van der Waals surface area contributed by atoms with Crippen LogP contribution in [0.3, 0.4) is 0 Å². The highest BCUT2D eigenvalue weighted by Crippen LogP contribution is 2.45. The van der Waals surface area contributed by atoms with Crippen molar-refractivity contribution in [3.63, 3.8) is 0 Å². The summed E-state index contributed by atoms with van der Waals surface area (Å²) >= 11 is 0. The topological polar surface area (TPSA) is 18.5 Å². The van der Waals surface area contributed by atoms with Crippen LogP contribution in [0.25, 0.3) is 0 Å². The summed E-state index contributed by atoms with van der Waals surface area (Å²) in [4.78, 5) is 0. The molecule has 0 saturated heterocycles. The molecule has 0 aromatic heterocycles. The highest BCUT2D eigenvalue weighted by atomic mass is 16.5. The molecule has 1 rings (SSSR count). The zero-order valence-corrected chi connectivity index (χ0v) is 18.0. The molecule has 0 bridgehead atoms. The van der Waals surface area contributed by atoms with Gasteiger partial charge in [0.2, 0.25) is 0 Å². The van der Waals surface area contributed by atoms with E-state index >= 15 is 0 Å². The minimum Gasteiger partial charge on any atom is -0.382 e. The molecule has 0 aromatic carbocycles. The van der Waals surface area contributed by atoms with Crippen LogP contribution >= 0.6 is 0 Å². The van der Waals surface area contributed by atoms with Crippen molar-refractivity contribution in [1.82, 2.24) is 0 Å². The number of methoxy groups -OCH3 is 1. The van der Waals surface area contributed by atoms with Crippen LogP contribution in [-0.2, 0) is 9.47 Å². The van der Waals surface area contributed by atoms with Crippen molar-refractivity contribution < 1.29 is 9.47 Å². The monoisotopic (exact) mass is 367 g/mol. The second-order valence-electron chi connectivity index (χ2n) is 8.34. The van der Waals surface area contributed by atoms with Gasteiger partial charge in [-0.05, 0) is 31.1 Å². The minimum absolute atomic E-state index is 0.709. The summed E-state index contributed by atoms with van der Waals surface area (Å²) in [6, 6.07) is 0. The molecule has 0 aromatic rings. The van der Waals surface area contributed by atoms with Gasteiger partial charge in [-0.25, -0.2) is 0 Å². The van der Waals surface area contributed by atoms with Gasteiger partial charge in [-0.1, -0.05) is 96.8 Å². The summed E-state index contributed by atoms with van der Waals surface area (Å²) < 4.78 is 10.4. The first kappa shape index (κ1) is 24.0. The number of rotatable bonds is 21. The van der Waals surface area contributed by atoms with Gasteiger partial charge >= 0.3 is 0 Å². The van der Waals surface area contributed by atoms with Gasteiger partial charge in [0.1, 0.15) is 0 Å². The molecule has 1 saturated carbocycles. The van der Waals surface area contributed by atoms with Crippen LogP contribution in [0, 0.1) is 18.3 Å². The van der Waals surface area contributed by atoms with Gasteiger partial charge in [0.05, 0.1) is 13.2 Å². The predicted octanol–water partition coefficient (Wildman–Crippen LogP) is 7.36. The van der Waals surface area contributed by atoms with Gasteiger partial charge in [-0.2, -0.15) is 0 Å². The molecule has 0 heterocycles. The van der Waals surface area contributed by atoms with Crippen molar-refractivity contribution in [2.45, 2.75) is 110 Å². The second kappa shape index (κ2) is 18.3. The lowest BCUT2D eigenvalue weighted by Gasteiger charge is -2.04. The van der Waals surface area contributed by atoms with Gasteiger partial charge < -0.3 is 9.47 Å². The van der Waals surface area contributed by atoms with Crippen molar-refractivity contribution in [3.8, 4) is 0 Å². The highest BCUT2D eigenvalue weighted by molar-refractivity contribution is 4.85. The van der Waals surface area contributed by atoms with Crippen molar-refractivity contribution in [3.05, 3.63) is 6.42 Å². The van der Waals surface area contributed by atoms with Crippen molar-refractivity contribution in [1.29, 1.82) is 0 Å². The number of hydrogen-bond acceptors (Lipinski definition) is 2. The van der Waals surface area contributed by atoms with E-state index in [4.69, 9.17) is 9.47 Å². The van der Waals surface area contributed by atoms with Crippen LogP contribution in [0.4, 0.5) is 0 Å². The predicted molar refractivity (Wildman–Crippen MR) is 114 cm³/mol. The third-order valence-corrected chi connectivity index (χ3v) is 5.88. The van der Waals surface area contributed by atoms with Gasteiger partial charge in [0, 0.05) is 13.7 Å². The molecule has 155 valence electrons. The van der Waals surface area contributed by atoms with Crippen LogP contribution in [0.5, 0.6) is 0 Å². The molecule has 2 heteroatoms. The third-order valence-electron chi connectivity index (χ3n) is 5.88. The first-order chi connectivity index (χ1) is 12.9. The Morgan fingerprint density at radius 3 is 1.96 bits per heavy atom. The Balaban J connectivity index is 1.69. The Kier molecular flexibility index (Phi) is 16.9. The van der Waals surface area contributed by atoms with Gasteiger partial charge in [0.15, 0.2) is 0 Å².